The number of hydrogen-bond acceptors (Lipinski definition) is 4. The van der Waals surface area contributed by atoms with Crippen molar-refractivity contribution in [2.24, 2.45) is 0 Å². The fourth-order valence-electron chi connectivity index (χ4n) is 2.80. The Bertz CT molecular complexity index is 1090. The molecule has 0 spiro atoms. The molecule has 2 aromatic carbocycles. The van der Waals surface area contributed by atoms with Crippen molar-refractivity contribution in [2.45, 2.75) is 13.0 Å². The quantitative estimate of drug-likeness (QED) is 0.559. The molecule has 1 N–H and O–H groups in total. The fourth-order valence-corrected chi connectivity index (χ4v) is 3.01. The zero-order chi connectivity index (χ0) is 18.6. The van der Waals surface area contributed by atoms with Gasteiger partial charge in [0.25, 0.3) is 5.91 Å². The van der Waals surface area contributed by atoms with Crippen molar-refractivity contribution < 1.29 is 9.21 Å². The zero-order valence-corrected chi connectivity index (χ0v) is 15.1. The van der Waals surface area contributed by atoms with Gasteiger partial charge in [-0.25, -0.2) is 4.98 Å². The van der Waals surface area contributed by atoms with E-state index in [0.717, 1.165) is 16.6 Å². The highest BCUT2D eigenvalue weighted by Crippen LogP contribution is 2.20. The predicted molar refractivity (Wildman–Crippen MR) is 104 cm³/mol. The van der Waals surface area contributed by atoms with Crippen LogP contribution in [0.15, 0.2) is 71.4 Å². The van der Waals surface area contributed by atoms with E-state index in [2.05, 4.69) is 15.3 Å². The van der Waals surface area contributed by atoms with E-state index in [0.29, 0.717) is 35.0 Å². The van der Waals surface area contributed by atoms with E-state index in [1.165, 1.54) is 0 Å². The zero-order valence-electron chi connectivity index (χ0n) is 14.4. The highest BCUT2D eigenvalue weighted by Gasteiger charge is 2.11. The number of amides is 1. The van der Waals surface area contributed by atoms with Gasteiger partial charge in [-0.05, 0) is 47.5 Å². The lowest BCUT2D eigenvalue weighted by atomic mass is 10.1. The van der Waals surface area contributed by atoms with Gasteiger partial charge in [0.1, 0.15) is 5.52 Å². The first-order chi connectivity index (χ1) is 13.2. The van der Waals surface area contributed by atoms with Gasteiger partial charge >= 0.3 is 0 Å². The first kappa shape index (κ1) is 17.2. The molecule has 0 saturated carbocycles. The minimum Gasteiger partial charge on any atom is -0.440 e. The van der Waals surface area contributed by atoms with Gasteiger partial charge in [0.15, 0.2) is 11.5 Å². The molecule has 0 unspecified atom stereocenters. The summed E-state index contributed by atoms with van der Waals surface area (Å²) in [5.41, 5.74) is 3.78. The third kappa shape index (κ3) is 4.15. The van der Waals surface area contributed by atoms with Gasteiger partial charge in [0.2, 0.25) is 0 Å². The van der Waals surface area contributed by atoms with E-state index in [1.807, 2.05) is 36.4 Å². The molecule has 4 aromatic rings. The average molecular weight is 378 g/mol. The number of carbonyl (C=O) groups excluding carboxylic acids is 1. The van der Waals surface area contributed by atoms with Gasteiger partial charge in [0.05, 0.1) is 0 Å². The smallest absolute Gasteiger partial charge is 0.251 e. The summed E-state index contributed by atoms with van der Waals surface area (Å²) in [6.45, 7) is 0.418. The molecule has 0 atom stereocenters. The minimum absolute atomic E-state index is 0.173. The SMILES string of the molecule is O=C(NCc1cccnc1)c1ccc2nc(Cc3cccc(Cl)c3)oc2c1. The Kier molecular flexibility index (Phi) is 4.85. The van der Waals surface area contributed by atoms with Crippen molar-refractivity contribution in [3.63, 3.8) is 0 Å². The number of pyridine rings is 1. The van der Waals surface area contributed by atoms with E-state index >= 15 is 0 Å². The molecule has 0 radical (unpaired) electrons. The molecule has 27 heavy (non-hydrogen) atoms. The third-order valence-electron chi connectivity index (χ3n) is 4.12. The van der Waals surface area contributed by atoms with Crippen LogP contribution in [0.5, 0.6) is 0 Å². The summed E-state index contributed by atoms with van der Waals surface area (Å²) in [6, 6.07) is 16.6. The van der Waals surface area contributed by atoms with Crippen LogP contribution in [0.1, 0.15) is 27.4 Å². The van der Waals surface area contributed by atoms with Crippen molar-refractivity contribution in [3.05, 3.63) is 94.6 Å². The summed E-state index contributed by atoms with van der Waals surface area (Å²) in [4.78, 5) is 20.9. The molecule has 0 fully saturated rings. The molecule has 134 valence electrons. The maximum Gasteiger partial charge on any atom is 0.251 e. The maximum atomic E-state index is 12.4. The van der Waals surface area contributed by atoms with Crippen LogP contribution in [0.2, 0.25) is 5.02 Å². The van der Waals surface area contributed by atoms with Crippen molar-refractivity contribution in [3.8, 4) is 0 Å². The van der Waals surface area contributed by atoms with Gasteiger partial charge < -0.3 is 9.73 Å². The monoisotopic (exact) mass is 377 g/mol. The van der Waals surface area contributed by atoms with Crippen LogP contribution in [-0.2, 0) is 13.0 Å². The standard InChI is InChI=1S/C21H16ClN3O2/c22-17-5-1-3-14(9-17)10-20-25-18-7-6-16(11-19(18)27-20)21(26)24-13-15-4-2-8-23-12-15/h1-9,11-12H,10,13H2,(H,24,26). The first-order valence-electron chi connectivity index (χ1n) is 8.48. The average Bonchev–Trinajstić information content (AvgIpc) is 3.08. The van der Waals surface area contributed by atoms with Crippen molar-refractivity contribution in [1.29, 1.82) is 0 Å². The van der Waals surface area contributed by atoms with E-state index in [9.17, 15) is 4.79 Å². The van der Waals surface area contributed by atoms with Gasteiger partial charge in [-0.3, -0.25) is 9.78 Å². The number of nitrogens with one attached hydrogen (secondary N) is 1. The highest BCUT2D eigenvalue weighted by atomic mass is 35.5. The van der Waals surface area contributed by atoms with Crippen LogP contribution in [0, 0.1) is 0 Å². The predicted octanol–water partition coefficient (Wildman–Crippen LogP) is 4.40. The first-order valence-corrected chi connectivity index (χ1v) is 8.86. The summed E-state index contributed by atoms with van der Waals surface area (Å²) >= 11 is 6.02. The Morgan fingerprint density at radius 1 is 1.07 bits per heavy atom. The Morgan fingerprint density at radius 3 is 2.78 bits per heavy atom. The Morgan fingerprint density at radius 2 is 1.96 bits per heavy atom. The molecular weight excluding hydrogens is 362 g/mol. The molecule has 2 heterocycles. The molecule has 4 rings (SSSR count). The normalized spacial score (nSPS) is 10.9. The molecule has 1 amide bonds. The van der Waals surface area contributed by atoms with Crippen LogP contribution < -0.4 is 5.32 Å². The van der Waals surface area contributed by atoms with Crippen LogP contribution in [0.25, 0.3) is 11.1 Å². The van der Waals surface area contributed by atoms with Crippen LogP contribution >= 0.6 is 11.6 Å². The highest BCUT2D eigenvalue weighted by molar-refractivity contribution is 6.30. The molecule has 0 bridgehead atoms. The molecule has 0 saturated heterocycles. The second-order valence-corrected chi connectivity index (χ2v) is 6.58. The molecule has 6 heteroatoms. The van der Waals surface area contributed by atoms with Crippen molar-refractivity contribution >= 4 is 28.6 Å². The van der Waals surface area contributed by atoms with E-state index in [4.69, 9.17) is 16.0 Å². The Labute approximate surface area is 161 Å². The Hall–Kier alpha value is -3.18. The second kappa shape index (κ2) is 7.60. The number of aromatic nitrogens is 2. The van der Waals surface area contributed by atoms with Crippen LogP contribution in [-0.4, -0.2) is 15.9 Å². The summed E-state index contributed by atoms with van der Waals surface area (Å²) in [5.74, 6) is 0.411. The molecule has 5 nitrogen and oxygen atoms in total. The number of rotatable bonds is 5. The van der Waals surface area contributed by atoms with Crippen molar-refractivity contribution in [2.75, 3.05) is 0 Å². The summed E-state index contributed by atoms with van der Waals surface area (Å²) in [5, 5.41) is 3.55. The molecular formula is C21H16ClN3O2. The lowest BCUT2D eigenvalue weighted by molar-refractivity contribution is 0.0951. The van der Waals surface area contributed by atoms with Crippen LogP contribution in [0.3, 0.4) is 0 Å². The molecule has 0 aliphatic rings. The second-order valence-electron chi connectivity index (χ2n) is 6.14. The molecule has 0 aliphatic carbocycles. The number of oxazole rings is 1. The van der Waals surface area contributed by atoms with Crippen molar-refractivity contribution in [1.82, 2.24) is 15.3 Å². The maximum absolute atomic E-state index is 12.4. The number of benzene rings is 2. The molecule has 0 aliphatic heterocycles. The lowest BCUT2D eigenvalue weighted by Gasteiger charge is -2.04. The number of fused-ring (bicyclic) bond motifs is 1. The van der Waals surface area contributed by atoms with Crippen LogP contribution in [0.4, 0.5) is 0 Å². The number of hydrogen-bond donors (Lipinski definition) is 1. The van der Waals surface area contributed by atoms with Gasteiger partial charge in [-0.2, -0.15) is 0 Å². The summed E-state index contributed by atoms with van der Waals surface area (Å²) in [7, 11) is 0. The lowest BCUT2D eigenvalue weighted by Crippen LogP contribution is -2.22. The molecule has 2 aromatic heterocycles. The third-order valence-corrected chi connectivity index (χ3v) is 4.35. The number of halogens is 1. The van der Waals surface area contributed by atoms with Gasteiger partial charge in [0, 0.05) is 35.9 Å². The fraction of sp³-hybridized carbons (Fsp3) is 0.0952. The number of nitrogens with zero attached hydrogens (tertiary/aromatic N) is 2. The Balaban J connectivity index is 1.49. The van der Waals surface area contributed by atoms with E-state index in [-0.39, 0.29) is 5.91 Å². The van der Waals surface area contributed by atoms with E-state index < -0.39 is 0 Å². The van der Waals surface area contributed by atoms with Gasteiger partial charge in [-0.15, -0.1) is 0 Å². The summed E-state index contributed by atoms with van der Waals surface area (Å²) in [6.07, 6.45) is 3.96. The number of carbonyl (C=O) groups is 1. The van der Waals surface area contributed by atoms with Gasteiger partial charge in [-0.1, -0.05) is 29.8 Å². The summed E-state index contributed by atoms with van der Waals surface area (Å²) < 4.78 is 5.82. The largest absolute Gasteiger partial charge is 0.440 e. The minimum atomic E-state index is -0.173. The topological polar surface area (TPSA) is 68.0 Å². The van der Waals surface area contributed by atoms with E-state index in [1.54, 1.807) is 30.6 Å².